The van der Waals surface area contributed by atoms with Crippen LogP contribution < -0.4 is 10.5 Å². The number of methoxy groups -OCH3 is 1. The van der Waals surface area contributed by atoms with E-state index in [2.05, 4.69) is 6.07 Å². The molecule has 0 saturated heterocycles. The first-order chi connectivity index (χ1) is 10.1. The fourth-order valence-electron chi connectivity index (χ4n) is 2.46. The molecule has 1 heterocycles. The van der Waals surface area contributed by atoms with E-state index < -0.39 is 0 Å². The van der Waals surface area contributed by atoms with E-state index in [4.69, 9.17) is 27.1 Å². The average molecular weight is 302 g/mol. The molecule has 2 N–H and O–H groups in total. The molecule has 0 aliphatic heterocycles. The number of fused-ring (bicyclic) bond motifs is 1. The minimum atomic E-state index is 0.511. The minimum Gasteiger partial charge on any atom is -0.496 e. The van der Waals surface area contributed by atoms with E-state index in [1.54, 1.807) is 13.2 Å². The van der Waals surface area contributed by atoms with Crippen LogP contribution in [0.1, 0.15) is 5.56 Å². The van der Waals surface area contributed by atoms with Crippen LogP contribution in [0.4, 0.5) is 0 Å². The molecule has 0 radical (unpaired) electrons. The van der Waals surface area contributed by atoms with Gasteiger partial charge in [-0.05, 0) is 35.9 Å². The van der Waals surface area contributed by atoms with E-state index in [-0.39, 0.29) is 0 Å². The number of rotatable bonds is 3. The van der Waals surface area contributed by atoms with Crippen molar-refractivity contribution in [1.82, 2.24) is 9.55 Å². The summed E-state index contributed by atoms with van der Waals surface area (Å²) in [7, 11) is 3.62. The number of imidazole rings is 1. The molecular weight excluding hydrogens is 286 g/mol. The van der Waals surface area contributed by atoms with Gasteiger partial charge in [-0.1, -0.05) is 17.7 Å². The van der Waals surface area contributed by atoms with Gasteiger partial charge in [0.15, 0.2) is 0 Å². The van der Waals surface area contributed by atoms with E-state index in [9.17, 15) is 0 Å². The second-order valence-electron chi connectivity index (χ2n) is 4.87. The van der Waals surface area contributed by atoms with Gasteiger partial charge >= 0.3 is 0 Å². The highest BCUT2D eigenvalue weighted by Gasteiger charge is 2.14. The molecule has 0 unspecified atom stereocenters. The van der Waals surface area contributed by atoms with Crippen LogP contribution in [0.3, 0.4) is 0 Å². The van der Waals surface area contributed by atoms with Gasteiger partial charge in [-0.2, -0.15) is 0 Å². The number of nitrogens with two attached hydrogens (primary N) is 1. The summed E-state index contributed by atoms with van der Waals surface area (Å²) < 4.78 is 7.45. The second-order valence-corrected chi connectivity index (χ2v) is 5.30. The summed E-state index contributed by atoms with van der Waals surface area (Å²) in [5.41, 5.74) is 9.62. The summed E-state index contributed by atoms with van der Waals surface area (Å²) in [6, 6.07) is 11.6. The summed E-state index contributed by atoms with van der Waals surface area (Å²) in [6.07, 6.45) is 0. The highest BCUT2D eigenvalue weighted by Crippen LogP contribution is 2.33. The Morgan fingerprint density at radius 1 is 1.24 bits per heavy atom. The first-order valence-electron chi connectivity index (χ1n) is 6.63. The molecule has 2 aromatic carbocycles. The SMILES string of the molecule is COc1ccc(Cl)cc1-c1nc2ccc(CN)cc2n1C. The van der Waals surface area contributed by atoms with E-state index in [0.717, 1.165) is 33.7 Å². The number of hydrogen-bond donors (Lipinski definition) is 1. The van der Waals surface area contributed by atoms with Crippen LogP contribution >= 0.6 is 11.6 Å². The predicted octanol–water partition coefficient (Wildman–Crippen LogP) is 3.36. The number of benzene rings is 2. The summed E-state index contributed by atoms with van der Waals surface area (Å²) in [5.74, 6) is 1.57. The van der Waals surface area contributed by atoms with Crippen LogP contribution in [-0.4, -0.2) is 16.7 Å². The fraction of sp³-hybridized carbons (Fsp3) is 0.188. The maximum absolute atomic E-state index is 6.11. The smallest absolute Gasteiger partial charge is 0.144 e. The van der Waals surface area contributed by atoms with Gasteiger partial charge in [0, 0.05) is 18.6 Å². The Hall–Kier alpha value is -2.04. The Labute approximate surface area is 128 Å². The van der Waals surface area contributed by atoms with E-state index >= 15 is 0 Å². The maximum atomic E-state index is 6.11. The van der Waals surface area contributed by atoms with Crippen molar-refractivity contribution in [3.05, 3.63) is 47.0 Å². The van der Waals surface area contributed by atoms with Crippen molar-refractivity contribution in [3.8, 4) is 17.1 Å². The molecule has 4 nitrogen and oxygen atoms in total. The zero-order valence-electron chi connectivity index (χ0n) is 11.9. The molecule has 3 rings (SSSR count). The van der Waals surface area contributed by atoms with Crippen molar-refractivity contribution in [2.75, 3.05) is 7.11 Å². The molecule has 5 heteroatoms. The first-order valence-corrected chi connectivity index (χ1v) is 7.01. The quantitative estimate of drug-likeness (QED) is 0.807. The van der Waals surface area contributed by atoms with Crippen molar-refractivity contribution >= 4 is 22.6 Å². The van der Waals surface area contributed by atoms with Gasteiger partial charge < -0.3 is 15.0 Å². The molecule has 3 aromatic rings. The van der Waals surface area contributed by atoms with Crippen molar-refractivity contribution in [2.24, 2.45) is 12.8 Å². The summed E-state index contributed by atoms with van der Waals surface area (Å²) in [6.45, 7) is 0.511. The van der Waals surface area contributed by atoms with E-state index in [1.165, 1.54) is 0 Å². The van der Waals surface area contributed by atoms with Crippen molar-refractivity contribution in [3.63, 3.8) is 0 Å². The molecule has 108 valence electrons. The topological polar surface area (TPSA) is 53.1 Å². The predicted molar refractivity (Wildman–Crippen MR) is 85.6 cm³/mol. The lowest BCUT2D eigenvalue weighted by Gasteiger charge is -2.09. The summed E-state index contributed by atoms with van der Waals surface area (Å²) >= 11 is 6.11. The Morgan fingerprint density at radius 2 is 2.05 bits per heavy atom. The third kappa shape index (κ3) is 2.37. The van der Waals surface area contributed by atoms with Crippen LogP contribution in [0.25, 0.3) is 22.4 Å². The van der Waals surface area contributed by atoms with Gasteiger partial charge in [-0.15, -0.1) is 0 Å². The molecule has 0 saturated carbocycles. The highest BCUT2D eigenvalue weighted by atomic mass is 35.5. The fourth-order valence-corrected chi connectivity index (χ4v) is 2.63. The van der Waals surface area contributed by atoms with Gasteiger partial charge in [-0.25, -0.2) is 4.98 Å². The number of hydrogen-bond acceptors (Lipinski definition) is 3. The number of aromatic nitrogens is 2. The van der Waals surface area contributed by atoms with Crippen molar-refractivity contribution in [1.29, 1.82) is 0 Å². The molecule has 0 aliphatic carbocycles. The third-order valence-electron chi connectivity index (χ3n) is 3.58. The van der Waals surface area contributed by atoms with Gasteiger partial charge in [0.25, 0.3) is 0 Å². The van der Waals surface area contributed by atoms with Crippen molar-refractivity contribution in [2.45, 2.75) is 6.54 Å². The van der Waals surface area contributed by atoms with Gasteiger partial charge in [-0.3, -0.25) is 0 Å². The second kappa shape index (κ2) is 5.39. The zero-order valence-corrected chi connectivity index (χ0v) is 12.7. The molecule has 0 bridgehead atoms. The average Bonchev–Trinajstić information content (AvgIpc) is 2.83. The van der Waals surface area contributed by atoms with E-state index in [1.807, 2.05) is 35.9 Å². The lowest BCUT2D eigenvalue weighted by atomic mass is 10.2. The third-order valence-corrected chi connectivity index (χ3v) is 3.82. The van der Waals surface area contributed by atoms with Crippen LogP contribution in [0.15, 0.2) is 36.4 Å². The molecule has 0 fully saturated rings. The highest BCUT2D eigenvalue weighted by molar-refractivity contribution is 6.31. The van der Waals surface area contributed by atoms with Gasteiger partial charge in [0.2, 0.25) is 0 Å². The Kier molecular flexibility index (Phi) is 3.57. The minimum absolute atomic E-state index is 0.511. The molecular formula is C16H16ClN3O. The standard InChI is InChI=1S/C16H16ClN3O/c1-20-14-7-10(9-18)3-5-13(14)19-16(20)12-8-11(17)4-6-15(12)21-2/h3-8H,9,18H2,1-2H3. The Morgan fingerprint density at radius 3 is 2.76 bits per heavy atom. The summed E-state index contributed by atoms with van der Waals surface area (Å²) in [4.78, 5) is 4.69. The number of nitrogens with zero attached hydrogens (tertiary/aromatic N) is 2. The van der Waals surface area contributed by atoms with Crippen molar-refractivity contribution < 1.29 is 4.74 Å². The molecule has 0 amide bonds. The molecule has 0 spiro atoms. The van der Waals surface area contributed by atoms with Gasteiger partial charge in [0.05, 0.1) is 23.7 Å². The molecule has 0 atom stereocenters. The summed E-state index contributed by atoms with van der Waals surface area (Å²) in [5, 5.41) is 0.653. The number of halogens is 1. The monoisotopic (exact) mass is 301 g/mol. The van der Waals surface area contributed by atoms with Crippen LogP contribution in [0, 0.1) is 0 Å². The lowest BCUT2D eigenvalue weighted by Crippen LogP contribution is -1.97. The van der Waals surface area contributed by atoms with E-state index in [0.29, 0.717) is 11.6 Å². The molecule has 1 aromatic heterocycles. The Balaban J connectivity index is 2.26. The van der Waals surface area contributed by atoms with Crippen LogP contribution in [0.2, 0.25) is 5.02 Å². The van der Waals surface area contributed by atoms with Gasteiger partial charge in [0.1, 0.15) is 11.6 Å². The largest absolute Gasteiger partial charge is 0.496 e. The molecule has 21 heavy (non-hydrogen) atoms. The molecule has 0 aliphatic rings. The number of aryl methyl sites for hydroxylation is 1. The maximum Gasteiger partial charge on any atom is 0.144 e. The number of ether oxygens (including phenoxy) is 1. The lowest BCUT2D eigenvalue weighted by molar-refractivity contribution is 0.416. The Bertz CT molecular complexity index is 811. The normalized spacial score (nSPS) is 11.0. The first kappa shape index (κ1) is 13.9. The van der Waals surface area contributed by atoms with Crippen LogP contribution in [0.5, 0.6) is 5.75 Å². The zero-order chi connectivity index (χ0) is 15.0. The van der Waals surface area contributed by atoms with Crippen LogP contribution in [-0.2, 0) is 13.6 Å².